The maximum absolute atomic E-state index is 12.2. The zero-order valence-electron chi connectivity index (χ0n) is 14.7. The second-order valence-corrected chi connectivity index (χ2v) is 6.01. The molecule has 0 aliphatic rings. The number of ketones is 1. The molecule has 0 aromatic heterocycles. The fourth-order valence-corrected chi connectivity index (χ4v) is 2.28. The van der Waals surface area contributed by atoms with Gasteiger partial charge in [0.1, 0.15) is 12.6 Å². The molecule has 134 valence electrons. The van der Waals surface area contributed by atoms with Crippen LogP contribution in [0.25, 0.3) is 0 Å². The molecule has 0 unspecified atom stereocenters. The summed E-state index contributed by atoms with van der Waals surface area (Å²) in [5.74, 6) is 4.93. The van der Waals surface area contributed by atoms with E-state index < -0.39 is 30.4 Å². The highest BCUT2D eigenvalue weighted by Crippen LogP contribution is 2.06. The zero-order valence-corrected chi connectivity index (χ0v) is 14.7. The van der Waals surface area contributed by atoms with Gasteiger partial charge in [-0.05, 0) is 50.2 Å². The van der Waals surface area contributed by atoms with Crippen LogP contribution in [-0.2, 0) is 4.79 Å². The lowest BCUT2D eigenvalue weighted by atomic mass is 10.1. The van der Waals surface area contributed by atoms with E-state index in [-0.39, 0.29) is 0 Å². The van der Waals surface area contributed by atoms with Gasteiger partial charge in [0.2, 0.25) is 0 Å². The Morgan fingerprint density at radius 3 is 1.96 bits per heavy atom. The van der Waals surface area contributed by atoms with Gasteiger partial charge in [-0.15, -0.1) is 0 Å². The molecule has 0 heterocycles. The van der Waals surface area contributed by atoms with Gasteiger partial charge < -0.3 is 15.5 Å². The Morgan fingerprint density at radius 2 is 1.50 bits per heavy atom. The maximum Gasteiger partial charge on any atom is 0.251 e. The van der Waals surface area contributed by atoms with E-state index in [1.54, 1.807) is 24.3 Å². The summed E-state index contributed by atoms with van der Waals surface area (Å²) in [4.78, 5) is 23.8. The molecule has 0 saturated carbocycles. The summed E-state index contributed by atoms with van der Waals surface area (Å²) in [5.41, 5.74) is 3.16. The monoisotopic (exact) mass is 351 g/mol. The van der Waals surface area contributed by atoms with Crippen molar-refractivity contribution >= 4 is 11.7 Å². The number of rotatable bonds is 5. The van der Waals surface area contributed by atoms with E-state index in [4.69, 9.17) is 5.11 Å². The lowest BCUT2D eigenvalue weighted by molar-refractivity contribution is -0.125. The Bertz CT molecular complexity index is 827. The fraction of sp³-hybridized carbons (Fsp3) is 0.238. The van der Waals surface area contributed by atoms with Crippen molar-refractivity contribution in [2.24, 2.45) is 0 Å². The fourth-order valence-electron chi connectivity index (χ4n) is 2.28. The van der Waals surface area contributed by atoms with E-state index in [2.05, 4.69) is 17.2 Å². The van der Waals surface area contributed by atoms with Crippen LogP contribution in [0, 0.1) is 18.8 Å². The molecule has 0 spiro atoms. The van der Waals surface area contributed by atoms with Gasteiger partial charge in [0.15, 0.2) is 5.78 Å². The standard InChI is InChI=1S/C21H21NO4/c1-14-3-5-16(6-4-14)7-8-17-9-11-18(12-10-17)21(26)22-20(15(2)24)19(25)13-23/h3-6,9-12,15,20,23-24H,13H2,1-2H3,(H,22,26)/t15-,20+/m1/s1. The van der Waals surface area contributed by atoms with Gasteiger partial charge in [0.25, 0.3) is 5.91 Å². The number of aryl methyl sites for hydroxylation is 1. The summed E-state index contributed by atoms with van der Waals surface area (Å²) in [6, 6.07) is 13.3. The normalized spacial score (nSPS) is 12.5. The SMILES string of the molecule is Cc1ccc(C#Cc2ccc(C(=O)N[C@H](C(=O)CO)[C@@H](C)O)cc2)cc1. The molecule has 2 aromatic carbocycles. The number of carbonyl (C=O) groups is 2. The first-order chi connectivity index (χ1) is 12.4. The number of aliphatic hydroxyl groups is 2. The van der Waals surface area contributed by atoms with Gasteiger partial charge >= 0.3 is 0 Å². The number of carbonyl (C=O) groups excluding carboxylic acids is 2. The third-order valence-corrected chi connectivity index (χ3v) is 3.82. The minimum atomic E-state index is -1.14. The first kappa shape index (κ1) is 19.4. The summed E-state index contributed by atoms with van der Waals surface area (Å²) in [7, 11) is 0. The smallest absolute Gasteiger partial charge is 0.251 e. The van der Waals surface area contributed by atoms with E-state index in [1.165, 1.54) is 12.5 Å². The van der Waals surface area contributed by atoms with Crippen LogP contribution in [-0.4, -0.2) is 40.7 Å². The molecule has 5 nitrogen and oxygen atoms in total. The van der Waals surface area contributed by atoms with Gasteiger partial charge in [-0.3, -0.25) is 9.59 Å². The van der Waals surface area contributed by atoms with Crippen LogP contribution in [0.4, 0.5) is 0 Å². The number of nitrogens with one attached hydrogen (secondary N) is 1. The summed E-state index contributed by atoms with van der Waals surface area (Å²) in [6.45, 7) is 2.64. The largest absolute Gasteiger partial charge is 0.391 e. The molecule has 5 heteroatoms. The predicted molar refractivity (Wildman–Crippen MR) is 98.6 cm³/mol. The molecule has 2 aromatic rings. The molecule has 2 rings (SSSR count). The van der Waals surface area contributed by atoms with Crippen molar-refractivity contribution in [2.75, 3.05) is 6.61 Å². The third-order valence-electron chi connectivity index (χ3n) is 3.82. The van der Waals surface area contributed by atoms with Crippen molar-refractivity contribution in [1.29, 1.82) is 0 Å². The van der Waals surface area contributed by atoms with Crippen LogP contribution in [0.15, 0.2) is 48.5 Å². The van der Waals surface area contributed by atoms with Crippen LogP contribution in [0.2, 0.25) is 0 Å². The van der Waals surface area contributed by atoms with Gasteiger partial charge in [-0.25, -0.2) is 0 Å². The molecule has 0 aliphatic carbocycles. The highest BCUT2D eigenvalue weighted by Gasteiger charge is 2.25. The molecule has 0 radical (unpaired) electrons. The summed E-state index contributed by atoms with van der Waals surface area (Å²) < 4.78 is 0. The van der Waals surface area contributed by atoms with E-state index >= 15 is 0 Å². The van der Waals surface area contributed by atoms with Gasteiger partial charge in [-0.1, -0.05) is 29.5 Å². The second kappa shape index (κ2) is 8.95. The first-order valence-electron chi connectivity index (χ1n) is 8.22. The molecule has 2 atom stereocenters. The highest BCUT2D eigenvalue weighted by molar-refractivity contribution is 5.98. The van der Waals surface area contributed by atoms with E-state index in [1.807, 2.05) is 31.2 Å². The van der Waals surface area contributed by atoms with E-state index in [0.29, 0.717) is 5.56 Å². The van der Waals surface area contributed by atoms with Gasteiger partial charge in [-0.2, -0.15) is 0 Å². The Labute approximate surface area is 152 Å². The maximum atomic E-state index is 12.2. The zero-order chi connectivity index (χ0) is 19.1. The van der Waals surface area contributed by atoms with Crippen molar-refractivity contribution in [1.82, 2.24) is 5.32 Å². The number of benzene rings is 2. The number of aliphatic hydroxyl groups excluding tert-OH is 2. The van der Waals surface area contributed by atoms with Crippen LogP contribution >= 0.6 is 0 Å². The Hall–Kier alpha value is -2.94. The molecule has 0 saturated heterocycles. The van der Waals surface area contributed by atoms with E-state index in [0.717, 1.165) is 11.1 Å². The molecule has 3 N–H and O–H groups in total. The highest BCUT2D eigenvalue weighted by atomic mass is 16.3. The number of amides is 1. The average Bonchev–Trinajstić information content (AvgIpc) is 2.65. The summed E-state index contributed by atoms with van der Waals surface area (Å²) >= 11 is 0. The topological polar surface area (TPSA) is 86.6 Å². The summed E-state index contributed by atoms with van der Waals surface area (Å²) in [6.07, 6.45) is -1.10. The lowest BCUT2D eigenvalue weighted by Gasteiger charge is -2.19. The van der Waals surface area contributed by atoms with Gasteiger partial charge in [0.05, 0.1) is 6.10 Å². The molecular weight excluding hydrogens is 330 g/mol. The van der Waals surface area contributed by atoms with Crippen LogP contribution < -0.4 is 5.32 Å². The minimum absolute atomic E-state index is 0.335. The average molecular weight is 351 g/mol. The predicted octanol–water partition coefficient (Wildman–Crippen LogP) is 1.44. The first-order valence-corrected chi connectivity index (χ1v) is 8.22. The molecule has 1 amide bonds. The second-order valence-electron chi connectivity index (χ2n) is 6.01. The number of hydrogen-bond acceptors (Lipinski definition) is 4. The Morgan fingerprint density at radius 1 is 1.00 bits per heavy atom. The minimum Gasteiger partial charge on any atom is -0.391 e. The third kappa shape index (κ3) is 5.28. The van der Waals surface area contributed by atoms with Crippen LogP contribution in [0.3, 0.4) is 0 Å². The van der Waals surface area contributed by atoms with Crippen molar-refractivity contribution in [3.05, 3.63) is 70.8 Å². The quantitative estimate of drug-likeness (QED) is 0.712. The molecule has 0 bridgehead atoms. The number of hydrogen-bond donors (Lipinski definition) is 3. The Kier molecular flexibility index (Phi) is 6.67. The molecule has 0 aliphatic heterocycles. The molecule has 0 fully saturated rings. The van der Waals surface area contributed by atoms with Crippen molar-refractivity contribution < 1.29 is 19.8 Å². The van der Waals surface area contributed by atoms with E-state index in [9.17, 15) is 14.7 Å². The van der Waals surface area contributed by atoms with Gasteiger partial charge in [0, 0.05) is 16.7 Å². The summed E-state index contributed by atoms with van der Waals surface area (Å²) in [5, 5.41) is 20.9. The van der Waals surface area contributed by atoms with Crippen molar-refractivity contribution in [3.63, 3.8) is 0 Å². The van der Waals surface area contributed by atoms with Crippen molar-refractivity contribution in [3.8, 4) is 11.8 Å². The lowest BCUT2D eigenvalue weighted by Crippen LogP contribution is -2.48. The Balaban J connectivity index is 2.08. The number of Topliss-reactive ketones (excluding diaryl/α,β-unsaturated/α-hetero) is 1. The van der Waals surface area contributed by atoms with Crippen LogP contribution in [0.1, 0.15) is 34.0 Å². The molecule has 26 heavy (non-hydrogen) atoms. The van der Waals surface area contributed by atoms with Crippen molar-refractivity contribution in [2.45, 2.75) is 26.0 Å². The molecular formula is C21H21NO4. The van der Waals surface area contributed by atoms with Crippen LogP contribution in [0.5, 0.6) is 0 Å².